The lowest BCUT2D eigenvalue weighted by atomic mass is 10.1. The van der Waals surface area contributed by atoms with Gasteiger partial charge in [0.2, 0.25) is 0 Å². The molecule has 1 saturated heterocycles. The lowest BCUT2D eigenvalue weighted by Gasteiger charge is -2.20. The van der Waals surface area contributed by atoms with Gasteiger partial charge in [0.25, 0.3) is 0 Å². The van der Waals surface area contributed by atoms with Crippen LogP contribution in [0.3, 0.4) is 0 Å². The molecule has 0 radical (unpaired) electrons. The largest absolute Gasteiger partial charge is 0.496 e. The van der Waals surface area contributed by atoms with Crippen LogP contribution in [0.15, 0.2) is 18.2 Å². The third-order valence-corrected chi connectivity index (χ3v) is 3.82. The smallest absolute Gasteiger partial charge is 0.123 e. The van der Waals surface area contributed by atoms with Gasteiger partial charge in [-0.25, -0.2) is 0 Å². The van der Waals surface area contributed by atoms with E-state index in [1.165, 1.54) is 49.9 Å². The molecule has 1 aliphatic rings. The van der Waals surface area contributed by atoms with Crippen molar-refractivity contribution in [1.82, 2.24) is 10.2 Å². The minimum Gasteiger partial charge on any atom is -0.496 e. The Bertz CT molecular complexity index is 384. The average molecular weight is 262 g/mol. The molecule has 0 amide bonds. The summed E-state index contributed by atoms with van der Waals surface area (Å²) >= 11 is 0. The van der Waals surface area contributed by atoms with Crippen LogP contribution in [0.1, 0.15) is 36.8 Å². The number of rotatable bonds is 5. The highest BCUT2D eigenvalue weighted by atomic mass is 16.5. The molecule has 0 spiro atoms. The van der Waals surface area contributed by atoms with Crippen LogP contribution in [0.5, 0.6) is 5.75 Å². The van der Waals surface area contributed by atoms with Gasteiger partial charge in [0.05, 0.1) is 7.11 Å². The van der Waals surface area contributed by atoms with Gasteiger partial charge in [0.15, 0.2) is 0 Å². The third-order valence-electron chi connectivity index (χ3n) is 3.82. The lowest BCUT2D eigenvalue weighted by Crippen LogP contribution is -2.24. The molecular weight excluding hydrogens is 236 g/mol. The molecule has 1 aliphatic heterocycles. The molecule has 1 aromatic carbocycles. The molecule has 0 unspecified atom stereocenters. The fourth-order valence-electron chi connectivity index (χ4n) is 2.81. The van der Waals surface area contributed by atoms with E-state index in [4.69, 9.17) is 4.74 Å². The second-order valence-corrected chi connectivity index (χ2v) is 5.37. The second kappa shape index (κ2) is 7.51. The number of nitrogens with one attached hydrogen (secondary N) is 1. The Morgan fingerprint density at radius 3 is 2.53 bits per heavy atom. The fraction of sp³-hybridized carbons (Fsp3) is 0.625. The molecular formula is C16H26N2O. The van der Waals surface area contributed by atoms with Gasteiger partial charge < -0.3 is 10.1 Å². The van der Waals surface area contributed by atoms with Crippen LogP contribution in [0, 0.1) is 0 Å². The third kappa shape index (κ3) is 4.22. The molecule has 0 saturated carbocycles. The van der Waals surface area contributed by atoms with Gasteiger partial charge in [-0.1, -0.05) is 18.9 Å². The predicted octanol–water partition coefficient (Wildman–Crippen LogP) is 2.79. The number of hydrogen-bond acceptors (Lipinski definition) is 3. The standard InChI is InChI=1S/C16H26N2O/c1-17-12-15-11-14(7-8-16(15)19-2)13-18-9-5-3-4-6-10-18/h7-8,11,17H,3-6,9-10,12-13H2,1-2H3. The number of methoxy groups -OCH3 is 1. The minimum absolute atomic E-state index is 0.858. The van der Waals surface area contributed by atoms with Crippen molar-refractivity contribution in [1.29, 1.82) is 0 Å². The number of nitrogens with zero attached hydrogens (tertiary/aromatic N) is 1. The molecule has 1 fully saturated rings. The molecule has 106 valence electrons. The van der Waals surface area contributed by atoms with Gasteiger partial charge in [-0.2, -0.15) is 0 Å². The van der Waals surface area contributed by atoms with Crippen molar-refractivity contribution < 1.29 is 4.74 Å². The molecule has 0 aromatic heterocycles. The summed E-state index contributed by atoms with van der Waals surface area (Å²) in [4.78, 5) is 2.58. The summed E-state index contributed by atoms with van der Waals surface area (Å²) in [5, 5.41) is 3.21. The first-order valence-corrected chi connectivity index (χ1v) is 7.36. The van der Waals surface area contributed by atoms with E-state index in [-0.39, 0.29) is 0 Å². The van der Waals surface area contributed by atoms with E-state index in [0.717, 1.165) is 18.8 Å². The normalized spacial score (nSPS) is 17.2. The molecule has 1 heterocycles. The SMILES string of the molecule is CNCc1cc(CN2CCCCCC2)ccc1OC. The summed E-state index contributed by atoms with van der Waals surface area (Å²) in [5.74, 6) is 0.981. The summed E-state index contributed by atoms with van der Waals surface area (Å²) in [6.45, 7) is 4.42. The van der Waals surface area contributed by atoms with Gasteiger partial charge in [-0.15, -0.1) is 0 Å². The van der Waals surface area contributed by atoms with Gasteiger partial charge in [-0.3, -0.25) is 4.90 Å². The van der Waals surface area contributed by atoms with Crippen molar-refractivity contribution in [3.63, 3.8) is 0 Å². The zero-order chi connectivity index (χ0) is 13.5. The maximum absolute atomic E-state index is 5.41. The maximum atomic E-state index is 5.41. The van der Waals surface area contributed by atoms with Crippen LogP contribution in [-0.2, 0) is 13.1 Å². The molecule has 1 aromatic rings. The molecule has 1 N–H and O–H groups in total. The molecule has 0 bridgehead atoms. The molecule has 3 nitrogen and oxygen atoms in total. The summed E-state index contributed by atoms with van der Waals surface area (Å²) in [5.41, 5.74) is 2.64. The van der Waals surface area contributed by atoms with Crippen molar-refractivity contribution in [3.8, 4) is 5.75 Å². The van der Waals surface area contributed by atoms with Gasteiger partial charge in [0, 0.05) is 18.7 Å². The topological polar surface area (TPSA) is 24.5 Å². The molecule has 0 aliphatic carbocycles. The van der Waals surface area contributed by atoms with Crippen molar-refractivity contribution in [2.75, 3.05) is 27.2 Å². The Labute approximate surface area is 116 Å². The highest BCUT2D eigenvalue weighted by Gasteiger charge is 2.11. The Hall–Kier alpha value is -1.06. The van der Waals surface area contributed by atoms with E-state index in [9.17, 15) is 0 Å². The van der Waals surface area contributed by atoms with Crippen LogP contribution < -0.4 is 10.1 Å². The van der Waals surface area contributed by atoms with Crippen LogP contribution in [0.4, 0.5) is 0 Å². The first-order chi connectivity index (χ1) is 9.33. The van der Waals surface area contributed by atoms with Crippen molar-refractivity contribution in [2.24, 2.45) is 0 Å². The van der Waals surface area contributed by atoms with Crippen LogP contribution in [-0.4, -0.2) is 32.1 Å². The van der Waals surface area contributed by atoms with Gasteiger partial charge in [-0.05, 0) is 50.7 Å². The van der Waals surface area contributed by atoms with Crippen molar-refractivity contribution in [2.45, 2.75) is 38.8 Å². The monoisotopic (exact) mass is 262 g/mol. The van der Waals surface area contributed by atoms with Crippen LogP contribution in [0.2, 0.25) is 0 Å². The highest BCUT2D eigenvalue weighted by molar-refractivity contribution is 5.37. The number of hydrogen-bond donors (Lipinski definition) is 1. The maximum Gasteiger partial charge on any atom is 0.123 e. The Balaban J connectivity index is 2.04. The number of ether oxygens (including phenoxy) is 1. The van der Waals surface area contributed by atoms with E-state index < -0.39 is 0 Å². The minimum atomic E-state index is 0.858. The first-order valence-electron chi connectivity index (χ1n) is 7.36. The molecule has 19 heavy (non-hydrogen) atoms. The second-order valence-electron chi connectivity index (χ2n) is 5.37. The van der Waals surface area contributed by atoms with Crippen LogP contribution in [0.25, 0.3) is 0 Å². The Morgan fingerprint density at radius 2 is 1.89 bits per heavy atom. The van der Waals surface area contributed by atoms with E-state index in [2.05, 4.69) is 28.4 Å². The fourth-order valence-corrected chi connectivity index (χ4v) is 2.81. The van der Waals surface area contributed by atoms with Crippen molar-refractivity contribution in [3.05, 3.63) is 29.3 Å². The van der Waals surface area contributed by atoms with E-state index >= 15 is 0 Å². The average Bonchev–Trinajstić information content (AvgIpc) is 2.68. The zero-order valence-corrected chi connectivity index (χ0v) is 12.2. The summed E-state index contributed by atoms with van der Waals surface area (Å²) in [6.07, 6.45) is 5.48. The van der Waals surface area contributed by atoms with Gasteiger partial charge in [0.1, 0.15) is 5.75 Å². The summed E-state index contributed by atoms with van der Waals surface area (Å²) < 4.78 is 5.41. The molecule has 2 rings (SSSR count). The quantitative estimate of drug-likeness (QED) is 0.883. The molecule has 0 atom stereocenters. The predicted molar refractivity (Wildman–Crippen MR) is 79.5 cm³/mol. The Morgan fingerprint density at radius 1 is 1.16 bits per heavy atom. The Kier molecular flexibility index (Phi) is 5.67. The van der Waals surface area contributed by atoms with E-state index in [1.807, 2.05) is 7.05 Å². The molecule has 3 heteroatoms. The highest BCUT2D eigenvalue weighted by Crippen LogP contribution is 2.21. The van der Waals surface area contributed by atoms with Crippen LogP contribution >= 0.6 is 0 Å². The number of likely N-dealkylation sites (tertiary alicyclic amines) is 1. The lowest BCUT2D eigenvalue weighted by molar-refractivity contribution is 0.276. The van der Waals surface area contributed by atoms with Gasteiger partial charge >= 0.3 is 0 Å². The number of benzene rings is 1. The summed E-state index contributed by atoms with van der Waals surface area (Å²) in [7, 11) is 3.71. The van der Waals surface area contributed by atoms with E-state index in [1.54, 1.807) is 7.11 Å². The zero-order valence-electron chi connectivity index (χ0n) is 12.2. The van der Waals surface area contributed by atoms with E-state index in [0.29, 0.717) is 0 Å². The first kappa shape index (κ1) is 14.4. The van der Waals surface area contributed by atoms with Crippen molar-refractivity contribution >= 4 is 0 Å². The summed E-state index contributed by atoms with van der Waals surface area (Å²) in [6, 6.07) is 6.57.